The van der Waals surface area contributed by atoms with Crippen LogP contribution in [0.15, 0.2) is 21.1 Å². The Morgan fingerprint density at radius 2 is 1.93 bits per heavy atom. The minimum atomic E-state index is -1.34. The highest BCUT2D eigenvalue weighted by Crippen LogP contribution is 2.31. The molecule has 0 aliphatic carbocycles. The number of alkyl halides is 1. The first-order chi connectivity index (χ1) is 6.97. The number of aliphatic hydroxyl groups is 2. The molecule has 0 amide bonds. The van der Waals surface area contributed by atoms with Crippen molar-refractivity contribution in [3.63, 3.8) is 0 Å². The standard InChI is InChI=1S/C9H8Br2ClFO2/c10-4-1-5(11)8(6(13)2-4)9(15)7(14)3-12/h1-2,7,9,14-15H,3H2. The number of hydrogen-bond donors (Lipinski definition) is 2. The van der Waals surface area contributed by atoms with Gasteiger partial charge in [0.2, 0.25) is 0 Å². The third kappa shape index (κ3) is 3.14. The second-order valence-corrected chi connectivity index (χ2v) is 5.03. The van der Waals surface area contributed by atoms with Gasteiger partial charge in [0.25, 0.3) is 0 Å². The lowest BCUT2D eigenvalue weighted by Crippen LogP contribution is -2.21. The molecule has 0 bridgehead atoms. The number of halogens is 4. The topological polar surface area (TPSA) is 40.5 Å². The molecule has 0 aromatic heterocycles. The van der Waals surface area contributed by atoms with E-state index in [-0.39, 0.29) is 11.4 Å². The molecule has 0 saturated heterocycles. The monoisotopic (exact) mass is 360 g/mol. The molecule has 0 fully saturated rings. The van der Waals surface area contributed by atoms with E-state index >= 15 is 0 Å². The number of benzene rings is 1. The van der Waals surface area contributed by atoms with Gasteiger partial charge in [-0.1, -0.05) is 31.9 Å². The summed E-state index contributed by atoms with van der Waals surface area (Å²) in [6.45, 7) is 0. The molecule has 0 aliphatic heterocycles. The summed E-state index contributed by atoms with van der Waals surface area (Å²) in [7, 11) is 0. The predicted molar refractivity (Wildman–Crippen MR) is 63.5 cm³/mol. The van der Waals surface area contributed by atoms with Gasteiger partial charge in [-0.2, -0.15) is 0 Å². The van der Waals surface area contributed by atoms with Crippen LogP contribution in [-0.2, 0) is 0 Å². The lowest BCUT2D eigenvalue weighted by atomic mass is 10.1. The van der Waals surface area contributed by atoms with Crippen molar-refractivity contribution in [3.05, 3.63) is 32.5 Å². The van der Waals surface area contributed by atoms with Crippen LogP contribution in [0.25, 0.3) is 0 Å². The predicted octanol–water partition coefficient (Wildman–Crippen LogP) is 2.98. The summed E-state index contributed by atoms with van der Waals surface area (Å²) >= 11 is 11.6. The van der Waals surface area contributed by atoms with Gasteiger partial charge in [-0.25, -0.2) is 4.39 Å². The third-order valence-electron chi connectivity index (χ3n) is 1.86. The van der Waals surface area contributed by atoms with Crippen molar-refractivity contribution in [1.29, 1.82) is 0 Å². The highest BCUT2D eigenvalue weighted by Gasteiger charge is 2.23. The maximum absolute atomic E-state index is 13.5. The zero-order chi connectivity index (χ0) is 11.6. The van der Waals surface area contributed by atoms with Crippen LogP contribution in [0.3, 0.4) is 0 Å². The molecule has 2 unspecified atom stereocenters. The zero-order valence-corrected chi connectivity index (χ0v) is 11.4. The Labute approximate surface area is 108 Å². The summed E-state index contributed by atoms with van der Waals surface area (Å²) in [6, 6.07) is 2.80. The molecule has 84 valence electrons. The Kier molecular flexibility index (Phi) is 4.99. The van der Waals surface area contributed by atoms with E-state index in [1.807, 2.05) is 0 Å². The zero-order valence-electron chi connectivity index (χ0n) is 7.42. The van der Waals surface area contributed by atoms with Gasteiger partial charge < -0.3 is 10.2 Å². The SMILES string of the molecule is OC(CCl)C(O)c1c(F)cc(Br)cc1Br. The summed E-state index contributed by atoms with van der Waals surface area (Å²) < 4.78 is 14.4. The van der Waals surface area contributed by atoms with E-state index in [2.05, 4.69) is 31.9 Å². The van der Waals surface area contributed by atoms with Crippen molar-refractivity contribution < 1.29 is 14.6 Å². The lowest BCUT2D eigenvalue weighted by Gasteiger charge is -2.18. The van der Waals surface area contributed by atoms with E-state index in [1.54, 1.807) is 6.07 Å². The average molecular weight is 362 g/mol. The first-order valence-corrected chi connectivity index (χ1v) is 6.16. The molecule has 0 radical (unpaired) electrons. The molecule has 0 heterocycles. The third-order valence-corrected chi connectivity index (χ3v) is 3.29. The fourth-order valence-corrected chi connectivity index (χ4v) is 2.69. The first kappa shape index (κ1) is 13.4. The molecule has 1 aromatic carbocycles. The average Bonchev–Trinajstić information content (AvgIpc) is 2.14. The molecule has 2 N–H and O–H groups in total. The molecule has 1 aromatic rings. The highest BCUT2D eigenvalue weighted by atomic mass is 79.9. The molecular weight excluding hydrogens is 354 g/mol. The molecule has 0 saturated carbocycles. The van der Waals surface area contributed by atoms with Crippen LogP contribution in [0.2, 0.25) is 0 Å². The lowest BCUT2D eigenvalue weighted by molar-refractivity contribution is 0.0300. The van der Waals surface area contributed by atoms with Crippen molar-refractivity contribution in [2.75, 3.05) is 5.88 Å². The fraction of sp³-hybridized carbons (Fsp3) is 0.333. The molecule has 1 rings (SSSR count). The van der Waals surface area contributed by atoms with Gasteiger partial charge in [0.15, 0.2) is 0 Å². The van der Waals surface area contributed by atoms with Crippen LogP contribution in [0, 0.1) is 5.82 Å². The largest absolute Gasteiger partial charge is 0.389 e. The fourth-order valence-electron chi connectivity index (χ4n) is 1.11. The molecule has 0 aliphatic rings. The highest BCUT2D eigenvalue weighted by molar-refractivity contribution is 9.11. The second kappa shape index (κ2) is 5.59. The van der Waals surface area contributed by atoms with E-state index in [0.717, 1.165) is 0 Å². The van der Waals surface area contributed by atoms with E-state index in [1.165, 1.54) is 6.07 Å². The Morgan fingerprint density at radius 3 is 2.40 bits per heavy atom. The van der Waals surface area contributed by atoms with Crippen LogP contribution in [0.4, 0.5) is 4.39 Å². The quantitative estimate of drug-likeness (QED) is 0.812. The van der Waals surface area contributed by atoms with Crippen molar-refractivity contribution in [2.24, 2.45) is 0 Å². The van der Waals surface area contributed by atoms with E-state index in [9.17, 15) is 14.6 Å². The summed E-state index contributed by atoms with van der Waals surface area (Å²) in [6.07, 6.45) is -2.54. The van der Waals surface area contributed by atoms with Crippen LogP contribution < -0.4 is 0 Å². The van der Waals surface area contributed by atoms with Gasteiger partial charge in [-0.15, -0.1) is 11.6 Å². The molecule has 2 nitrogen and oxygen atoms in total. The minimum absolute atomic E-state index is 0.00588. The second-order valence-electron chi connectivity index (χ2n) is 2.95. The van der Waals surface area contributed by atoms with Gasteiger partial charge in [0, 0.05) is 14.5 Å². The minimum Gasteiger partial charge on any atom is -0.389 e. The van der Waals surface area contributed by atoms with Gasteiger partial charge in [-0.3, -0.25) is 0 Å². The Hall–Kier alpha value is 0.320. The van der Waals surface area contributed by atoms with Crippen molar-refractivity contribution in [1.82, 2.24) is 0 Å². The Morgan fingerprint density at radius 1 is 1.33 bits per heavy atom. The summed E-state index contributed by atoms with van der Waals surface area (Å²) in [5, 5.41) is 18.9. The van der Waals surface area contributed by atoms with E-state index in [0.29, 0.717) is 8.95 Å². The summed E-state index contributed by atoms with van der Waals surface area (Å²) in [5.74, 6) is -0.767. The van der Waals surface area contributed by atoms with Crippen LogP contribution in [0.5, 0.6) is 0 Å². The van der Waals surface area contributed by atoms with Gasteiger partial charge >= 0.3 is 0 Å². The van der Waals surface area contributed by atoms with E-state index in [4.69, 9.17) is 11.6 Å². The number of hydrogen-bond acceptors (Lipinski definition) is 2. The van der Waals surface area contributed by atoms with Gasteiger partial charge in [0.1, 0.15) is 11.9 Å². The van der Waals surface area contributed by atoms with Crippen LogP contribution in [0.1, 0.15) is 11.7 Å². The molecule has 0 spiro atoms. The molecule has 15 heavy (non-hydrogen) atoms. The maximum atomic E-state index is 13.5. The smallest absolute Gasteiger partial charge is 0.131 e. The van der Waals surface area contributed by atoms with Crippen LogP contribution in [-0.4, -0.2) is 22.2 Å². The van der Waals surface area contributed by atoms with Crippen molar-refractivity contribution >= 4 is 43.5 Å². The molecular formula is C9H8Br2ClFO2. The van der Waals surface area contributed by atoms with Gasteiger partial charge in [0.05, 0.1) is 12.0 Å². The summed E-state index contributed by atoms with van der Waals surface area (Å²) in [5.41, 5.74) is 0.00588. The first-order valence-electron chi connectivity index (χ1n) is 4.04. The maximum Gasteiger partial charge on any atom is 0.131 e. The van der Waals surface area contributed by atoms with Crippen molar-refractivity contribution in [3.8, 4) is 0 Å². The van der Waals surface area contributed by atoms with Crippen molar-refractivity contribution in [2.45, 2.75) is 12.2 Å². The number of rotatable bonds is 3. The normalized spacial score (nSPS) is 15.1. The van der Waals surface area contributed by atoms with Gasteiger partial charge in [-0.05, 0) is 12.1 Å². The Bertz CT molecular complexity index is 339. The molecule has 2 atom stereocenters. The Balaban J connectivity index is 3.13. The summed E-state index contributed by atoms with van der Waals surface area (Å²) in [4.78, 5) is 0. The van der Waals surface area contributed by atoms with Crippen LogP contribution >= 0.6 is 43.5 Å². The number of aliphatic hydroxyl groups excluding tert-OH is 2. The molecule has 6 heteroatoms. The van der Waals surface area contributed by atoms with E-state index < -0.39 is 18.0 Å².